The van der Waals surface area contributed by atoms with Gasteiger partial charge in [0.2, 0.25) is 0 Å². The van der Waals surface area contributed by atoms with Crippen molar-refractivity contribution in [1.29, 1.82) is 0 Å². The minimum Gasteiger partial charge on any atom is -0.481 e. The molecule has 5 heteroatoms. The average Bonchev–Trinajstić information content (AvgIpc) is 2.54. The van der Waals surface area contributed by atoms with Crippen molar-refractivity contribution >= 4 is 11.9 Å². The van der Waals surface area contributed by atoms with Crippen LogP contribution in [0.2, 0.25) is 0 Å². The summed E-state index contributed by atoms with van der Waals surface area (Å²) in [7, 11) is 0. The van der Waals surface area contributed by atoms with Gasteiger partial charge in [-0.1, -0.05) is 0 Å². The van der Waals surface area contributed by atoms with Crippen LogP contribution in [-0.4, -0.2) is 35.1 Å². The van der Waals surface area contributed by atoms with Gasteiger partial charge in [0.25, 0.3) is 0 Å². The number of hydrogen-bond acceptors (Lipinski definition) is 3. The molecule has 0 atom stereocenters. The molecule has 2 saturated carbocycles. The van der Waals surface area contributed by atoms with Crippen molar-refractivity contribution in [2.45, 2.75) is 51.4 Å². The van der Waals surface area contributed by atoms with E-state index >= 15 is 0 Å². The normalized spacial score (nSPS) is 37.7. The molecule has 2 fully saturated rings. The van der Waals surface area contributed by atoms with Crippen LogP contribution in [0.4, 0.5) is 0 Å². The minimum atomic E-state index is -1.92. The number of carbonyl (C=O) groups is 2. The summed E-state index contributed by atoms with van der Waals surface area (Å²) < 4.78 is 33.0. The summed E-state index contributed by atoms with van der Waals surface area (Å²) in [5.41, 5.74) is 0. The van der Waals surface area contributed by atoms with E-state index < -0.39 is 48.6 Å². The van der Waals surface area contributed by atoms with Crippen molar-refractivity contribution in [2.24, 2.45) is 23.7 Å². The Bertz CT molecular complexity index is 454. The van der Waals surface area contributed by atoms with Crippen molar-refractivity contribution < 1.29 is 25.3 Å². The van der Waals surface area contributed by atoms with Gasteiger partial charge in [0.1, 0.15) is 0 Å². The average molecular weight is 301 g/mol. The highest BCUT2D eigenvalue weighted by atomic mass is 16.4. The van der Waals surface area contributed by atoms with Gasteiger partial charge in [0.15, 0.2) is 0 Å². The van der Waals surface area contributed by atoms with Crippen molar-refractivity contribution in [3.05, 3.63) is 0 Å². The maximum atomic E-state index is 11.0. The fourth-order valence-electron chi connectivity index (χ4n) is 3.22. The smallest absolute Gasteiger partial charge is 0.306 e. The van der Waals surface area contributed by atoms with E-state index in [1.165, 1.54) is 0 Å². The van der Waals surface area contributed by atoms with Crippen LogP contribution in [0.25, 0.3) is 0 Å². The fourth-order valence-corrected chi connectivity index (χ4v) is 3.22. The first-order valence-electron chi connectivity index (χ1n) is 9.78. The Labute approximate surface area is 131 Å². The first kappa shape index (κ1) is 11.5. The van der Waals surface area contributed by atoms with Crippen LogP contribution in [0.5, 0.6) is 0 Å². The first-order chi connectivity index (χ1) is 11.5. The van der Waals surface area contributed by atoms with Gasteiger partial charge in [-0.05, 0) is 76.2 Å². The van der Waals surface area contributed by atoms with Crippen LogP contribution in [-0.2, 0) is 9.59 Å². The molecular formula is C16H27NO4. The number of nitrogens with one attached hydrogen (secondary N) is 1. The van der Waals surface area contributed by atoms with Gasteiger partial charge >= 0.3 is 11.9 Å². The third-order valence-corrected chi connectivity index (χ3v) is 4.71. The van der Waals surface area contributed by atoms with Crippen LogP contribution < -0.4 is 5.32 Å². The predicted octanol–water partition coefficient (Wildman–Crippen LogP) is 2.36. The summed E-state index contributed by atoms with van der Waals surface area (Å²) in [6.45, 7) is -3.84. The second-order valence-corrected chi connectivity index (χ2v) is 6.19. The van der Waals surface area contributed by atoms with Crippen LogP contribution in [0.1, 0.15) is 56.8 Å². The van der Waals surface area contributed by atoms with Crippen molar-refractivity contribution in [3.63, 3.8) is 0 Å². The fraction of sp³-hybridized carbons (Fsp3) is 0.875. The molecule has 2 aliphatic rings. The van der Waals surface area contributed by atoms with E-state index in [4.69, 9.17) is 15.7 Å². The van der Waals surface area contributed by atoms with Gasteiger partial charge in [-0.3, -0.25) is 9.59 Å². The Morgan fingerprint density at radius 3 is 1.43 bits per heavy atom. The molecule has 0 unspecified atom stereocenters. The maximum Gasteiger partial charge on any atom is 0.306 e. The van der Waals surface area contributed by atoms with Crippen LogP contribution >= 0.6 is 0 Å². The van der Waals surface area contributed by atoms with Crippen molar-refractivity contribution in [3.8, 4) is 0 Å². The number of carboxylic acids is 2. The summed E-state index contributed by atoms with van der Waals surface area (Å²) in [4.78, 5) is 22.0. The lowest BCUT2D eigenvalue weighted by Gasteiger charge is -2.29. The lowest BCUT2D eigenvalue weighted by atomic mass is 9.81. The summed E-state index contributed by atoms with van der Waals surface area (Å²) in [5, 5.41) is 20.6. The number of aliphatic carboxylic acids is 2. The van der Waals surface area contributed by atoms with Gasteiger partial charge in [0.05, 0.1) is 11.8 Å². The number of rotatable bonds is 6. The molecule has 5 nitrogen and oxygen atoms in total. The lowest BCUT2D eigenvalue weighted by Crippen LogP contribution is -2.33. The third kappa shape index (κ3) is 4.99. The SMILES string of the molecule is [2H]C([2H])(NC([2H])([2H])C1CCC(C(=O)O)CC1)C1CCC(C(=O)O)CC1. The van der Waals surface area contributed by atoms with Crippen molar-refractivity contribution in [2.75, 3.05) is 13.0 Å². The topological polar surface area (TPSA) is 86.6 Å². The Kier molecular flexibility index (Phi) is 4.25. The Hall–Kier alpha value is -1.10. The number of hydrogen-bond donors (Lipinski definition) is 3. The van der Waals surface area contributed by atoms with Crippen LogP contribution in [0.3, 0.4) is 0 Å². The van der Waals surface area contributed by atoms with E-state index in [0.717, 1.165) is 0 Å². The standard InChI is InChI=1S/C16H27NO4/c18-15(19)13-5-1-11(2-6-13)9-17-10-12-3-7-14(8-4-12)16(20)21/h11-14,17H,1-10H2,(H,18,19)(H,20,21)/i9D2,10D2. The highest BCUT2D eigenvalue weighted by Crippen LogP contribution is 2.30. The molecule has 0 radical (unpaired) electrons. The Balaban J connectivity index is 1.92. The maximum absolute atomic E-state index is 11.0. The van der Waals surface area contributed by atoms with Crippen LogP contribution in [0, 0.1) is 23.7 Å². The molecule has 0 aromatic rings. The van der Waals surface area contributed by atoms with E-state index in [0.29, 0.717) is 51.4 Å². The first-order valence-corrected chi connectivity index (χ1v) is 7.78. The lowest BCUT2D eigenvalue weighted by molar-refractivity contribution is -0.144. The van der Waals surface area contributed by atoms with Crippen molar-refractivity contribution in [1.82, 2.24) is 5.32 Å². The molecule has 0 aliphatic heterocycles. The van der Waals surface area contributed by atoms with E-state index in [-0.39, 0.29) is 0 Å². The molecule has 3 N–H and O–H groups in total. The summed E-state index contributed by atoms with van der Waals surface area (Å²) in [5.74, 6) is -3.41. The largest absolute Gasteiger partial charge is 0.481 e. The van der Waals surface area contributed by atoms with Gasteiger partial charge in [-0.25, -0.2) is 0 Å². The van der Waals surface area contributed by atoms with E-state index in [9.17, 15) is 9.59 Å². The zero-order valence-corrected chi connectivity index (χ0v) is 12.2. The van der Waals surface area contributed by atoms with Gasteiger partial charge < -0.3 is 15.5 Å². The molecule has 0 aromatic heterocycles. The highest BCUT2D eigenvalue weighted by molar-refractivity contribution is 5.70. The Morgan fingerprint density at radius 2 is 1.14 bits per heavy atom. The molecule has 120 valence electrons. The monoisotopic (exact) mass is 301 g/mol. The molecule has 21 heavy (non-hydrogen) atoms. The number of carboxylic acid groups (broad SMARTS) is 2. The summed E-state index contributed by atoms with van der Waals surface area (Å²) >= 11 is 0. The van der Waals surface area contributed by atoms with Crippen LogP contribution in [0.15, 0.2) is 0 Å². The van der Waals surface area contributed by atoms with Gasteiger partial charge in [-0.2, -0.15) is 0 Å². The molecule has 2 rings (SSSR count). The van der Waals surface area contributed by atoms with Gasteiger partial charge in [0, 0.05) is 5.48 Å². The second kappa shape index (κ2) is 7.78. The predicted molar refractivity (Wildman–Crippen MR) is 79.0 cm³/mol. The molecular weight excluding hydrogens is 270 g/mol. The van der Waals surface area contributed by atoms with E-state index in [2.05, 4.69) is 5.32 Å². The summed E-state index contributed by atoms with van der Waals surface area (Å²) in [6.07, 6.45) is 3.30. The molecule has 2 aliphatic carbocycles. The molecule has 0 spiro atoms. The Morgan fingerprint density at radius 1 is 0.810 bits per heavy atom. The molecule has 0 aromatic carbocycles. The zero-order valence-electron chi connectivity index (χ0n) is 16.2. The van der Waals surface area contributed by atoms with Gasteiger partial charge in [-0.15, -0.1) is 0 Å². The zero-order chi connectivity index (χ0) is 18.8. The second-order valence-electron chi connectivity index (χ2n) is 6.19. The van der Waals surface area contributed by atoms with E-state index in [1.807, 2.05) is 0 Å². The minimum absolute atomic E-state index is 0.411. The third-order valence-electron chi connectivity index (χ3n) is 4.71. The van der Waals surface area contributed by atoms with E-state index in [1.54, 1.807) is 0 Å². The molecule has 0 bridgehead atoms. The molecule has 0 saturated heterocycles. The molecule has 0 heterocycles. The highest BCUT2D eigenvalue weighted by Gasteiger charge is 2.27. The quantitative estimate of drug-likeness (QED) is 0.701. The molecule has 0 amide bonds. The summed E-state index contributed by atoms with van der Waals surface area (Å²) in [6, 6.07) is 0.